The van der Waals surface area contributed by atoms with E-state index in [1.807, 2.05) is 0 Å². The van der Waals surface area contributed by atoms with Gasteiger partial charge in [0.1, 0.15) is 0 Å². The van der Waals surface area contributed by atoms with E-state index in [1.165, 1.54) is 71.9 Å². The summed E-state index contributed by atoms with van der Waals surface area (Å²) in [7, 11) is 0. The molecular weight excluding hydrogens is 797 g/mol. The van der Waals surface area contributed by atoms with Crippen LogP contribution in [0.5, 0.6) is 0 Å². The molecule has 0 heterocycles. The lowest BCUT2D eigenvalue weighted by atomic mass is 9.83. The van der Waals surface area contributed by atoms with Crippen molar-refractivity contribution in [3.63, 3.8) is 0 Å². The number of nitrogens with zero attached hydrogens (tertiary/aromatic N) is 2. The maximum absolute atomic E-state index is 2.57. The van der Waals surface area contributed by atoms with Crippen molar-refractivity contribution in [1.29, 1.82) is 0 Å². The van der Waals surface area contributed by atoms with Crippen LogP contribution in [0.2, 0.25) is 0 Å². The first-order valence-corrected chi connectivity index (χ1v) is 24.0. The standard InChI is InChI=1S/C64H72N2/c1-60(2,3)45-25-19-29-50(38-45)65(51-30-20-26-46(39-51)61(4,5)6)58-55-36-34-49(64(13,14)15)42-57(55)59(54-35-33-44(37-56(54)58)43-23-17-16-18-24-43)66(52-31-21-27-47(40-52)62(7,8)9)53-32-22-28-48(41-53)63(10,11)12/h16-42H,1-15H3. The summed E-state index contributed by atoms with van der Waals surface area (Å²) in [4.78, 5) is 5.13. The molecule has 0 unspecified atom stereocenters. The zero-order valence-corrected chi connectivity index (χ0v) is 42.5. The molecule has 0 saturated carbocycles. The van der Waals surface area contributed by atoms with E-state index in [2.05, 4.69) is 277 Å². The van der Waals surface area contributed by atoms with Crippen LogP contribution >= 0.6 is 0 Å². The summed E-state index contributed by atoms with van der Waals surface area (Å²) in [6, 6.07) is 62.4. The molecule has 2 heteroatoms. The number of benzene rings is 8. The molecule has 0 radical (unpaired) electrons. The van der Waals surface area contributed by atoms with Gasteiger partial charge in [0.15, 0.2) is 0 Å². The first-order valence-electron chi connectivity index (χ1n) is 24.0. The molecule has 8 rings (SSSR count). The van der Waals surface area contributed by atoms with Crippen LogP contribution in [0.4, 0.5) is 34.1 Å². The summed E-state index contributed by atoms with van der Waals surface area (Å²) in [6.45, 7) is 34.8. The van der Waals surface area contributed by atoms with Gasteiger partial charge in [-0.25, -0.2) is 0 Å². The molecule has 2 nitrogen and oxygen atoms in total. The summed E-state index contributed by atoms with van der Waals surface area (Å²) in [5.74, 6) is 0. The molecule has 0 aliphatic heterocycles. The molecule has 0 bridgehead atoms. The van der Waals surface area contributed by atoms with E-state index in [1.54, 1.807) is 0 Å². The van der Waals surface area contributed by atoms with E-state index in [9.17, 15) is 0 Å². The van der Waals surface area contributed by atoms with Crippen molar-refractivity contribution in [2.45, 2.75) is 131 Å². The second-order valence-corrected chi connectivity index (χ2v) is 23.7. The largest absolute Gasteiger partial charge is 0.309 e. The second-order valence-electron chi connectivity index (χ2n) is 23.7. The van der Waals surface area contributed by atoms with E-state index < -0.39 is 0 Å². The van der Waals surface area contributed by atoms with Crippen molar-refractivity contribution >= 4 is 55.7 Å². The summed E-state index contributed by atoms with van der Waals surface area (Å²) < 4.78 is 0. The van der Waals surface area contributed by atoms with Gasteiger partial charge in [0.25, 0.3) is 0 Å². The predicted octanol–water partition coefficient (Wildman–Crippen LogP) is 19.1. The number of hydrogen-bond donors (Lipinski definition) is 0. The Morgan fingerprint density at radius 1 is 0.242 bits per heavy atom. The van der Waals surface area contributed by atoms with Crippen molar-refractivity contribution in [3.05, 3.63) is 192 Å². The van der Waals surface area contributed by atoms with Crippen molar-refractivity contribution in [3.8, 4) is 11.1 Å². The molecule has 338 valence electrons. The van der Waals surface area contributed by atoms with Crippen LogP contribution in [0, 0.1) is 0 Å². The molecule has 0 aromatic heterocycles. The first kappa shape index (κ1) is 46.4. The van der Waals surface area contributed by atoms with Crippen molar-refractivity contribution in [1.82, 2.24) is 0 Å². The molecule has 8 aromatic carbocycles. The third kappa shape index (κ3) is 9.30. The highest BCUT2D eigenvalue weighted by atomic mass is 15.2. The molecule has 0 fully saturated rings. The molecule has 0 spiro atoms. The smallest absolute Gasteiger partial charge is 0.0620 e. The molecule has 0 amide bonds. The number of anilines is 6. The minimum absolute atomic E-state index is 0.0450. The van der Waals surface area contributed by atoms with Gasteiger partial charge in [0.2, 0.25) is 0 Å². The van der Waals surface area contributed by atoms with Crippen LogP contribution in [-0.4, -0.2) is 0 Å². The molecule has 66 heavy (non-hydrogen) atoms. The lowest BCUT2D eigenvalue weighted by Crippen LogP contribution is -2.19. The Morgan fingerprint density at radius 3 is 0.909 bits per heavy atom. The molecule has 0 aliphatic rings. The maximum atomic E-state index is 2.57. The third-order valence-corrected chi connectivity index (χ3v) is 13.4. The minimum atomic E-state index is -0.0946. The average Bonchev–Trinajstić information content (AvgIpc) is 3.26. The highest BCUT2D eigenvalue weighted by molar-refractivity contribution is 6.24. The topological polar surface area (TPSA) is 6.48 Å². The fraction of sp³-hybridized carbons (Fsp3) is 0.312. The van der Waals surface area contributed by atoms with Gasteiger partial charge in [-0.3, -0.25) is 0 Å². The Balaban J connectivity index is 1.62. The summed E-state index contributed by atoms with van der Waals surface area (Å²) >= 11 is 0. The van der Waals surface area contributed by atoms with Gasteiger partial charge >= 0.3 is 0 Å². The van der Waals surface area contributed by atoms with Gasteiger partial charge in [-0.15, -0.1) is 0 Å². The lowest BCUT2D eigenvalue weighted by molar-refractivity contribution is 0.589. The van der Waals surface area contributed by atoms with Crippen molar-refractivity contribution in [2.75, 3.05) is 9.80 Å². The van der Waals surface area contributed by atoms with Gasteiger partial charge in [-0.1, -0.05) is 207 Å². The second kappa shape index (κ2) is 16.9. The molecular formula is C64H72N2. The molecule has 0 aliphatic carbocycles. The number of rotatable bonds is 7. The van der Waals surface area contributed by atoms with Crippen molar-refractivity contribution in [2.24, 2.45) is 0 Å². The Morgan fingerprint density at radius 2 is 0.561 bits per heavy atom. The van der Waals surface area contributed by atoms with E-state index >= 15 is 0 Å². The maximum Gasteiger partial charge on any atom is 0.0620 e. The van der Waals surface area contributed by atoms with Crippen LogP contribution in [0.1, 0.15) is 132 Å². The van der Waals surface area contributed by atoms with Crippen LogP contribution < -0.4 is 9.80 Å². The normalized spacial score (nSPS) is 12.8. The van der Waals surface area contributed by atoms with Gasteiger partial charge < -0.3 is 9.80 Å². The van der Waals surface area contributed by atoms with Gasteiger partial charge in [-0.2, -0.15) is 0 Å². The quantitative estimate of drug-likeness (QED) is 0.116. The zero-order chi connectivity index (χ0) is 47.6. The van der Waals surface area contributed by atoms with Crippen LogP contribution in [0.25, 0.3) is 32.7 Å². The molecule has 0 saturated heterocycles. The van der Waals surface area contributed by atoms with Crippen LogP contribution in [0.15, 0.2) is 164 Å². The summed E-state index contributed by atoms with van der Waals surface area (Å²) in [5, 5.41) is 4.79. The van der Waals surface area contributed by atoms with E-state index in [0.29, 0.717) is 0 Å². The summed E-state index contributed by atoms with van der Waals surface area (Å²) in [5.41, 5.74) is 15.5. The minimum Gasteiger partial charge on any atom is -0.309 e. The van der Waals surface area contributed by atoms with Crippen LogP contribution in [-0.2, 0) is 27.1 Å². The highest BCUT2D eigenvalue weighted by Gasteiger charge is 2.30. The van der Waals surface area contributed by atoms with Crippen molar-refractivity contribution < 1.29 is 0 Å². The predicted molar refractivity (Wildman–Crippen MR) is 290 cm³/mol. The molecule has 0 atom stereocenters. The van der Waals surface area contributed by atoms with E-state index in [4.69, 9.17) is 0 Å². The first-order chi connectivity index (χ1) is 30.9. The molecule has 8 aromatic rings. The number of hydrogen-bond acceptors (Lipinski definition) is 2. The lowest BCUT2D eigenvalue weighted by Gasteiger charge is -2.35. The fourth-order valence-corrected chi connectivity index (χ4v) is 9.20. The zero-order valence-electron chi connectivity index (χ0n) is 42.5. The van der Waals surface area contributed by atoms with Gasteiger partial charge in [0.05, 0.1) is 11.4 Å². The molecule has 0 N–H and O–H groups in total. The third-order valence-electron chi connectivity index (χ3n) is 13.4. The number of fused-ring (bicyclic) bond motifs is 2. The van der Waals surface area contributed by atoms with E-state index in [0.717, 1.165) is 22.7 Å². The highest BCUT2D eigenvalue weighted by Crippen LogP contribution is 2.53. The Labute approximate surface area is 397 Å². The van der Waals surface area contributed by atoms with E-state index in [-0.39, 0.29) is 27.1 Å². The Bertz CT molecular complexity index is 2930. The van der Waals surface area contributed by atoms with Gasteiger partial charge in [-0.05, 0) is 127 Å². The summed E-state index contributed by atoms with van der Waals surface area (Å²) in [6.07, 6.45) is 0. The Kier molecular flexibility index (Phi) is 11.9. The SMILES string of the molecule is CC(C)(C)c1cccc(N(c2cccc(C(C)(C)C)c2)c2c3ccc(C(C)(C)C)cc3c(N(c3cccc(C(C)(C)C)c3)c3cccc(C(C)(C)C)c3)c3ccc(-c4ccccc4)cc23)c1. The van der Waals surface area contributed by atoms with Gasteiger partial charge in [0, 0.05) is 44.3 Å². The monoisotopic (exact) mass is 869 g/mol. The average molecular weight is 869 g/mol. The Hall–Kier alpha value is -6.12. The fourth-order valence-electron chi connectivity index (χ4n) is 9.20. The van der Waals surface area contributed by atoms with Crippen LogP contribution in [0.3, 0.4) is 0 Å².